The third-order valence-corrected chi connectivity index (χ3v) is 2.47. The minimum absolute atomic E-state index is 0.113. The van der Waals surface area contributed by atoms with Gasteiger partial charge in [0.1, 0.15) is 6.04 Å². The van der Waals surface area contributed by atoms with Crippen molar-refractivity contribution in [1.82, 2.24) is 20.1 Å². The van der Waals surface area contributed by atoms with Crippen LogP contribution in [0.2, 0.25) is 0 Å². The average Bonchev–Trinajstić information content (AvgIpc) is 2.54. The van der Waals surface area contributed by atoms with E-state index in [1.54, 1.807) is 6.92 Å². The van der Waals surface area contributed by atoms with Gasteiger partial charge in [0.15, 0.2) is 4.77 Å². The van der Waals surface area contributed by atoms with E-state index < -0.39 is 6.04 Å². The van der Waals surface area contributed by atoms with Gasteiger partial charge < -0.3 is 11.1 Å². The van der Waals surface area contributed by atoms with Crippen molar-refractivity contribution in [2.75, 3.05) is 12.3 Å². The summed E-state index contributed by atoms with van der Waals surface area (Å²) < 4.78 is 1.84. The Bertz CT molecular complexity index is 422. The first-order valence-corrected chi connectivity index (χ1v) is 5.54. The maximum atomic E-state index is 11.8. The van der Waals surface area contributed by atoms with Crippen LogP contribution in [0, 0.1) is 10.7 Å². The zero-order valence-corrected chi connectivity index (χ0v) is 10.5. The zero-order valence-electron chi connectivity index (χ0n) is 9.65. The number of nitrogens with one attached hydrogen (secondary N) is 2. The highest BCUT2D eigenvalue weighted by molar-refractivity contribution is 7.71. The Labute approximate surface area is 99.2 Å². The van der Waals surface area contributed by atoms with Crippen molar-refractivity contribution < 1.29 is 4.79 Å². The Balaban J connectivity index is 2.75. The molecule has 0 saturated carbocycles. The number of nitrogen functional groups attached to an aromatic ring is 1. The number of carbonyl (C=O) groups is 1. The van der Waals surface area contributed by atoms with Crippen molar-refractivity contribution in [3.05, 3.63) is 4.77 Å². The lowest BCUT2D eigenvalue weighted by Gasteiger charge is -2.15. The number of carbonyl (C=O) groups excluding carboxylic acids is 1. The van der Waals surface area contributed by atoms with E-state index >= 15 is 0 Å². The topological polar surface area (TPSA) is 88.7 Å². The highest BCUT2D eigenvalue weighted by Gasteiger charge is 2.18. The molecule has 0 aliphatic rings. The van der Waals surface area contributed by atoms with Crippen LogP contribution in [0.25, 0.3) is 0 Å². The molecule has 6 nitrogen and oxygen atoms in total. The van der Waals surface area contributed by atoms with Gasteiger partial charge in [0.25, 0.3) is 0 Å². The predicted molar refractivity (Wildman–Crippen MR) is 64.4 cm³/mol. The number of nitrogens with two attached hydrogens (primary N) is 1. The minimum atomic E-state index is -0.454. The molecule has 0 aromatic carbocycles. The smallest absolute Gasteiger partial charge is 0.243 e. The third-order valence-electron chi connectivity index (χ3n) is 2.18. The van der Waals surface area contributed by atoms with Crippen LogP contribution in [0.1, 0.15) is 26.8 Å². The zero-order chi connectivity index (χ0) is 12.3. The first-order chi connectivity index (χ1) is 7.43. The second-order valence-electron chi connectivity index (χ2n) is 4.07. The van der Waals surface area contributed by atoms with Crippen molar-refractivity contribution >= 4 is 24.1 Å². The van der Waals surface area contributed by atoms with E-state index in [1.807, 2.05) is 13.8 Å². The second-order valence-corrected chi connectivity index (χ2v) is 4.46. The second kappa shape index (κ2) is 5.11. The van der Waals surface area contributed by atoms with Crippen molar-refractivity contribution in [3.8, 4) is 0 Å². The standard InChI is InChI=1S/C9H17N5OS/c1-5(2)4-11-7(15)6(3)14-8(10)12-13-9(14)16/h5-6H,4H2,1-3H3,(H2,10,12)(H,11,15)(H,13,16). The van der Waals surface area contributed by atoms with E-state index in [0.717, 1.165) is 0 Å². The number of hydrogen-bond acceptors (Lipinski definition) is 4. The monoisotopic (exact) mass is 243 g/mol. The van der Waals surface area contributed by atoms with Crippen LogP contribution in [0.5, 0.6) is 0 Å². The lowest BCUT2D eigenvalue weighted by Crippen LogP contribution is -2.33. The number of anilines is 1. The van der Waals surface area contributed by atoms with Gasteiger partial charge in [-0.2, -0.15) is 0 Å². The van der Waals surface area contributed by atoms with Gasteiger partial charge >= 0.3 is 0 Å². The number of amides is 1. The lowest BCUT2D eigenvalue weighted by molar-refractivity contribution is -0.124. The number of rotatable bonds is 4. The summed E-state index contributed by atoms with van der Waals surface area (Å²) in [6.07, 6.45) is 0. The predicted octanol–water partition coefficient (Wildman–Crippen LogP) is 0.856. The summed E-state index contributed by atoms with van der Waals surface area (Å²) in [4.78, 5) is 11.8. The first-order valence-electron chi connectivity index (χ1n) is 5.13. The summed E-state index contributed by atoms with van der Waals surface area (Å²) in [5.74, 6) is 0.515. The molecule has 4 N–H and O–H groups in total. The van der Waals surface area contributed by atoms with Crippen LogP contribution in [-0.4, -0.2) is 27.2 Å². The fourth-order valence-corrected chi connectivity index (χ4v) is 1.56. The molecule has 0 saturated heterocycles. The number of nitrogens with zero attached hydrogens (tertiary/aromatic N) is 2. The van der Waals surface area contributed by atoms with Crippen molar-refractivity contribution in [1.29, 1.82) is 0 Å². The molecule has 1 rings (SSSR count). The fraction of sp³-hybridized carbons (Fsp3) is 0.667. The third kappa shape index (κ3) is 2.82. The molecule has 90 valence electrons. The van der Waals surface area contributed by atoms with E-state index in [4.69, 9.17) is 18.0 Å². The van der Waals surface area contributed by atoms with Crippen LogP contribution in [0.4, 0.5) is 5.95 Å². The van der Waals surface area contributed by atoms with Crippen LogP contribution in [0.3, 0.4) is 0 Å². The molecule has 1 amide bonds. The molecule has 0 aliphatic heterocycles. The Morgan fingerprint density at radius 3 is 2.69 bits per heavy atom. The van der Waals surface area contributed by atoms with Crippen molar-refractivity contribution in [3.63, 3.8) is 0 Å². The SMILES string of the molecule is CC(C)CNC(=O)C(C)n1c(N)n[nH]c1=S. The summed E-state index contributed by atoms with van der Waals surface area (Å²) in [6.45, 7) is 6.43. The number of aromatic nitrogens is 3. The largest absolute Gasteiger partial charge is 0.368 e. The van der Waals surface area contributed by atoms with Crippen molar-refractivity contribution in [2.45, 2.75) is 26.8 Å². The summed E-state index contributed by atoms with van der Waals surface area (Å²) >= 11 is 4.99. The Hall–Kier alpha value is -1.37. The number of H-pyrrole nitrogens is 1. The molecular weight excluding hydrogens is 226 g/mol. The maximum absolute atomic E-state index is 11.8. The molecule has 0 bridgehead atoms. The molecule has 1 heterocycles. The van der Waals surface area contributed by atoms with Gasteiger partial charge in [0.05, 0.1) is 0 Å². The number of aromatic amines is 1. The first kappa shape index (κ1) is 12.7. The van der Waals surface area contributed by atoms with E-state index in [0.29, 0.717) is 17.2 Å². The summed E-state index contributed by atoms with van der Waals surface area (Å²) in [6, 6.07) is -0.454. The Morgan fingerprint density at radius 2 is 2.25 bits per heavy atom. The van der Waals surface area contributed by atoms with Gasteiger partial charge in [0, 0.05) is 6.54 Å². The molecule has 0 aliphatic carbocycles. The Kier molecular flexibility index (Phi) is 4.05. The van der Waals surface area contributed by atoms with Gasteiger partial charge in [-0.25, -0.2) is 5.10 Å². The molecule has 16 heavy (non-hydrogen) atoms. The van der Waals surface area contributed by atoms with E-state index in [9.17, 15) is 4.79 Å². The highest BCUT2D eigenvalue weighted by atomic mass is 32.1. The summed E-state index contributed by atoms with van der Waals surface area (Å²) in [7, 11) is 0. The molecular formula is C9H17N5OS. The van der Waals surface area contributed by atoms with Gasteiger partial charge in [-0.15, -0.1) is 5.10 Å². The lowest BCUT2D eigenvalue weighted by atomic mass is 10.2. The molecule has 1 atom stereocenters. The minimum Gasteiger partial charge on any atom is -0.368 e. The molecule has 0 radical (unpaired) electrons. The van der Waals surface area contributed by atoms with Crippen LogP contribution >= 0.6 is 12.2 Å². The van der Waals surface area contributed by atoms with E-state index in [-0.39, 0.29) is 11.9 Å². The van der Waals surface area contributed by atoms with Gasteiger partial charge in [-0.3, -0.25) is 9.36 Å². The highest BCUT2D eigenvalue weighted by Crippen LogP contribution is 2.10. The molecule has 0 fully saturated rings. The normalized spacial score (nSPS) is 12.8. The van der Waals surface area contributed by atoms with Crippen molar-refractivity contribution in [2.24, 2.45) is 5.92 Å². The fourth-order valence-electron chi connectivity index (χ4n) is 1.26. The van der Waals surface area contributed by atoms with Gasteiger partial charge in [0.2, 0.25) is 11.9 Å². The van der Waals surface area contributed by atoms with E-state index in [2.05, 4.69) is 15.5 Å². The van der Waals surface area contributed by atoms with E-state index in [1.165, 1.54) is 4.57 Å². The molecule has 0 spiro atoms. The molecule has 1 unspecified atom stereocenters. The maximum Gasteiger partial charge on any atom is 0.243 e. The average molecular weight is 243 g/mol. The van der Waals surface area contributed by atoms with Crippen LogP contribution in [0.15, 0.2) is 0 Å². The van der Waals surface area contributed by atoms with Gasteiger partial charge in [-0.05, 0) is 25.1 Å². The quantitative estimate of drug-likeness (QED) is 0.684. The number of hydrogen-bond donors (Lipinski definition) is 3. The van der Waals surface area contributed by atoms with Crippen LogP contribution in [-0.2, 0) is 4.79 Å². The summed E-state index contributed by atoms with van der Waals surface area (Å²) in [5.41, 5.74) is 5.61. The molecule has 1 aromatic heterocycles. The molecule has 1 aromatic rings. The van der Waals surface area contributed by atoms with Crippen LogP contribution < -0.4 is 11.1 Å². The molecule has 7 heteroatoms. The Morgan fingerprint density at radius 1 is 1.62 bits per heavy atom. The summed E-state index contributed by atoms with van der Waals surface area (Å²) in [5, 5.41) is 9.13. The van der Waals surface area contributed by atoms with Gasteiger partial charge in [-0.1, -0.05) is 13.8 Å².